The maximum atomic E-state index is 5.78. The van der Waals surface area contributed by atoms with Crippen molar-refractivity contribution in [2.45, 2.75) is 18.4 Å². The van der Waals surface area contributed by atoms with E-state index in [0.717, 1.165) is 16.4 Å². The van der Waals surface area contributed by atoms with E-state index in [9.17, 15) is 0 Å². The van der Waals surface area contributed by atoms with Gasteiger partial charge in [-0.15, -0.1) is 11.8 Å². The Hall–Kier alpha value is -1.21. The summed E-state index contributed by atoms with van der Waals surface area (Å²) in [6.45, 7) is 2.80. The Balaban J connectivity index is 2.10. The van der Waals surface area contributed by atoms with Crippen molar-refractivity contribution in [1.82, 2.24) is 14.2 Å². The summed E-state index contributed by atoms with van der Waals surface area (Å²) < 4.78 is 6.01. The Morgan fingerprint density at radius 2 is 2.35 bits per heavy atom. The van der Waals surface area contributed by atoms with Crippen LogP contribution in [-0.4, -0.2) is 20.4 Å². The first kappa shape index (κ1) is 12.3. The topological polar surface area (TPSA) is 68.8 Å². The fraction of sp³-hybridized carbons (Fsp3) is 0.400. The summed E-state index contributed by atoms with van der Waals surface area (Å²) >= 11 is 3.01. The first-order chi connectivity index (χ1) is 8.13. The fourth-order valence-corrected chi connectivity index (χ4v) is 3.03. The summed E-state index contributed by atoms with van der Waals surface area (Å²) in [5.74, 6) is 0.605. The molecule has 0 atom stereocenters. The van der Waals surface area contributed by atoms with Crippen molar-refractivity contribution in [3.05, 3.63) is 17.5 Å². The van der Waals surface area contributed by atoms with Crippen LogP contribution in [0.5, 0.6) is 0 Å². The number of thioether (sulfide) groups is 1. The smallest absolute Gasteiger partial charge is 0.153 e. The molecular formula is C10H15N5S2. The molecule has 0 aromatic carbocycles. The predicted molar refractivity (Wildman–Crippen MR) is 73.6 cm³/mol. The van der Waals surface area contributed by atoms with Gasteiger partial charge in [-0.3, -0.25) is 4.68 Å². The van der Waals surface area contributed by atoms with Gasteiger partial charge in [0.25, 0.3) is 0 Å². The minimum Gasteiger partial charge on any atom is -0.382 e. The molecule has 0 unspecified atom stereocenters. The number of aromatic nitrogens is 3. The van der Waals surface area contributed by atoms with Gasteiger partial charge in [-0.05, 0) is 24.7 Å². The Kier molecular flexibility index (Phi) is 3.58. The quantitative estimate of drug-likeness (QED) is 0.832. The number of anilines is 2. The number of hydrogen-bond acceptors (Lipinski definition) is 6. The number of nitrogens with two attached hydrogens (primary N) is 1. The third-order valence-corrected chi connectivity index (χ3v) is 4.42. The Morgan fingerprint density at radius 3 is 2.94 bits per heavy atom. The van der Waals surface area contributed by atoms with E-state index in [0.29, 0.717) is 5.82 Å². The molecule has 0 saturated heterocycles. The minimum absolute atomic E-state index is 0.605. The van der Waals surface area contributed by atoms with Gasteiger partial charge in [0.1, 0.15) is 5.00 Å². The molecule has 2 aromatic heterocycles. The highest BCUT2D eigenvalue weighted by Gasteiger charge is 2.11. The largest absolute Gasteiger partial charge is 0.382 e. The molecule has 0 bridgehead atoms. The van der Waals surface area contributed by atoms with E-state index in [4.69, 9.17) is 5.73 Å². The third-order valence-electron chi connectivity index (χ3n) is 2.65. The van der Waals surface area contributed by atoms with Crippen LogP contribution in [0.1, 0.15) is 11.3 Å². The van der Waals surface area contributed by atoms with Crippen LogP contribution in [0.4, 0.5) is 10.8 Å². The van der Waals surface area contributed by atoms with Crippen LogP contribution in [0.25, 0.3) is 0 Å². The molecule has 2 aromatic rings. The zero-order valence-electron chi connectivity index (χ0n) is 10.0. The number of nitrogen functional groups attached to an aromatic ring is 1. The number of hydrogen-bond donors (Lipinski definition) is 2. The first-order valence-corrected chi connectivity index (χ1v) is 7.13. The average molecular weight is 269 g/mol. The third kappa shape index (κ3) is 2.39. The van der Waals surface area contributed by atoms with Crippen LogP contribution in [0, 0.1) is 6.92 Å². The van der Waals surface area contributed by atoms with Crippen molar-refractivity contribution in [3.63, 3.8) is 0 Å². The summed E-state index contributed by atoms with van der Waals surface area (Å²) in [4.78, 5) is 1.02. The molecular weight excluding hydrogens is 254 g/mol. The first-order valence-electron chi connectivity index (χ1n) is 5.14. The van der Waals surface area contributed by atoms with E-state index >= 15 is 0 Å². The Labute approximate surface area is 109 Å². The molecule has 5 nitrogen and oxygen atoms in total. The molecule has 0 radical (unpaired) electrons. The molecule has 92 valence electrons. The lowest BCUT2D eigenvalue weighted by Crippen LogP contribution is -2.01. The van der Waals surface area contributed by atoms with Crippen LogP contribution in [0.15, 0.2) is 11.1 Å². The summed E-state index contributed by atoms with van der Waals surface area (Å²) in [5.41, 5.74) is 8.13. The van der Waals surface area contributed by atoms with Gasteiger partial charge in [-0.1, -0.05) is 0 Å². The standard InChI is InChI=1S/C10H15N5S2/c1-6-7(5-13-15(6)2)4-12-10-8(16-3)9(11)14-17-10/h5,12H,4H2,1-3H3,(H2,11,14). The van der Waals surface area contributed by atoms with E-state index < -0.39 is 0 Å². The molecule has 2 heterocycles. The molecule has 0 fully saturated rings. The number of nitrogens with zero attached hydrogens (tertiary/aromatic N) is 3. The van der Waals surface area contributed by atoms with E-state index in [2.05, 4.69) is 21.7 Å². The SMILES string of the molecule is CSc1c(N)nsc1NCc1cnn(C)c1C. The molecule has 0 aliphatic rings. The van der Waals surface area contributed by atoms with Gasteiger partial charge < -0.3 is 11.1 Å². The van der Waals surface area contributed by atoms with Crippen LogP contribution < -0.4 is 11.1 Å². The highest BCUT2D eigenvalue weighted by Crippen LogP contribution is 2.34. The second kappa shape index (κ2) is 4.97. The molecule has 0 amide bonds. The zero-order valence-corrected chi connectivity index (χ0v) is 11.7. The summed E-state index contributed by atoms with van der Waals surface area (Å²) in [6.07, 6.45) is 3.88. The lowest BCUT2D eigenvalue weighted by Gasteiger charge is -2.05. The lowest BCUT2D eigenvalue weighted by molar-refractivity contribution is 0.738. The Morgan fingerprint density at radius 1 is 1.59 bits per heavy atom. The summed E-state index contributed by atoms with van der Waals surface area (Å²) in [5, 5.41) is 8.59. The fourth-order valence-electron chi connectivity index (χ4n) is 1.50. The monoisotopic (exact) mass is 269 g/mol. The second-order valence-electron chi connectivity index (χ2n) is 3.66. The van der Waals surface area contributed by atoms with Gasteiger partial charge in [0.15, 0.2) is 5.82 Å². The number of rotatable bonds is 4. The van der Waals surface area contributed by atoms with Crippen molar-refractivity contribution in [3.8, 4) is 0 Å². The highest BCUT2D eigenvalue weighted by atomic mass is 32.2. The average Bonchev–Trinajstić information content (AvgIpc) is 2.82. The summed E-state index contributed by atoms with van der Waals surface area (Å²) in [6, 6.07) is 0. The van der Waals surface area contributed by atoms with E-state index in [1.807, 2.05) is 24.2 Å². The zero-order chi connectivity index (χ0) is 12.4. The number of nitrogens with one attached hydrogen (secondary N) is 1. The van der Waals surface area contributed by atoms with Gasteiger partial charge in [0.05, 0.1) is 11.1 Å². The lowest BCUT2D eigenvalue weighted by atomic mass is 10.2. The van der Waals surface area contributed by atoms with Crippen molar-refractivity contribution < 1.29 is 0 Å². The highest BCUT2D eigenvalue weighted by molar-refractivity contribution is 7.99. The molecule has 0 aliphatic carbocycles. The van der Waals surface area contributed by atoms with Gasteiger partial charge in [0, 0.05) is 24.8 Å². The second-order valence-corrected chi connectivity index (χ2v) is 5.25. The van der Waals surface area contributed by atoms with Gasteiger partial charge in [-0.2, -0.15) is 9.47 Å². The van der Waals surface area contributed by atoms with Gasteiger partial charge in [0.2, 0.25) is 0 Å². The molecule has 2 rings (SSSR count). The molecule has 0 spiro atoms. The molecule has 17 heavy (non-hydrogen) atoms. The van der Waals surface area contributed by atoms with E-state index in [1.54, 1.807) is 11.8 Å². The van der Waals surface area contributed by atoms with Crippen LogP contribution >= 0.6 is 23.3 Å². The van der Waals surface area contributed by atoms with Crippen molar-refractivity contribution in [1.29, 1.82) is 0 Å². The Bertz CT molecular complexity index is 517. The minimum atomic E-state index is 0.605. The molecule has 3 N–H and O–H groups in total. The molecule has 7 heteroatoms. The van der Waals surface area contributed by atoms with Crippen LogP contribution in [-0.2, 0) is 13.6 Å². The normalized spacial score (nSPS) is 10.8. The predicted octanol–water partition coefficient (Wildman–Crippen LogP) is 2.10. The maximum absolute atomic E-state index is 5.78. The number of aryl methyl sites for hydroxylation is 1. The van der Waals surface area contributed by atoms with Crippen molar-refractivity contribution in [2.24, 2.45) is 7.05 Å². The van der Waals surface area contributed by atoms with Crippen molar-refractivity contribution >= 4 is 34.1 Å². The van der Waals surface area contributed by atoms with Gasteiger partial charge in [-0.25, -0.2) is 0 Å². The van der Waals surface area contributed by atoms with Gasteiger partial charge >= 0.3 is 0 Å². The summed E-state index contributed by atoms with van der Waals surface area (Å²) in [7, 11) is 1.94. The molecule has 0 aliphatic heterocycles. The van der Waals surface area contributed by atoms with E-state index in [1.165, 1.54) is 22.8 Å². The maximum Gasteiger partial charge on any atom is 0.153 e. The molecule has 0 saturated carbocycles. The van der Waals surface area contributed by atoms with E-state index in [-0.39, 0.29) is 0 Å². The van der Waals surface area contributed by atoms with Crippen LogP contribution in [0.2, 0.25) is 0 Å². The van der Waals surface area contributed by atoms with Crippen molar-refractivity contribution in [2.75, 3.05) is 17.3 Å². The van der Waals surface area contributed by atoms with Crippen LogP contribution in [0.3, 0.4) is 0 Å².